The van der Waals surface area contributed by atoms with E-state index in [4.69, 9.17) is 54.7 Å². The summed E-state index contributed by atoms with van der Waals surface area (Å²) in [6.45, 7) is 26.9. The fourth-order valence-electron chi connectivity index (χ4n) is 16.7. The minimum Gasteiger partial charge on any atom is -0.488 e. The van der Waals surface area contributed by atoms with Gasteiger partial charge in [-0.3, -0.25) is 19.1 Å². The number of hydrogen-bond donors (Lipinski definition) is 5. The summed E-state index contributed by atoms with van der Waals surface area (Å²) in [5.74, 6) is 5.92. The van der Waals surface area contributed by atoms with Gasteiger partial charge in [0.15, 0.2) is 34.9 Å². The lowest BCUT2D eigenvalue weighted by atomic mass is 9.72. The zero-order valence-electron chi connectivity index (χ0n) is 75.9. The van der Waals surface area contributed by atoms with E-state index >= 15 is 0 Å². The van der Waals surface area contributed by atoms with Crippen LogP contribution in [-0.2, 0) is 37.7 Å². The molecule has 4 unspecified atom stereocenters. The Balaban J connectivity index is 0.000000128. The normalized spacial score (nSPS) is 17.4. The van der Waals surface area contributed by atoms with Gasteiger partial charge < -0.3 is 79.7 Å². The lowest BCUT2D eigenvalue weighted by molar-refractivity contribution is -0.129. The number of hydrogen-bond acceptors (Lipinski definition) is 32. The first-order valence-electron chi connectivity index (χ1n) is 44.4. The van der Waals surface area contributed by atoms with Gasteiger partial charge in [-0.15, -0.1) is 0 Å². The Kier molecular flexibility index (Phi) is 26.3. The largest absolute Gasteiger partial charge is 0.488 e. The quantitative estimate of drug-likeness (QED) is 0.0421. The molecule has 13 heterocycles. The van der Waals surface area contributed by atoms with Gasteiger partial charge in [-0.1, -0.05) is 145 Å². The molecule has 19 rings (SSSR count). The standard InChI is InChI=1S/C27H29N7O3.C23H29N7O2.C23H28N6O2.C22H26N6O3/c1-27(21-8-9-21,26-31-25(37-32-26)19-14-30-34(15-19)16-23(35)33(2)3)20-6-4-17(5-7-20)18-12-22-24(29-13-18)28-10-11-36-22;1-15(2)23(3,18-7-5-16(6-8-18)17-13-25-22(24)26-14-17)21-27-19(32-28-21)20(31)30-11-9-29(4)10-12-30;1-22(30)9-11-29(12-10-22)21-27-19(28-31-21)23(2,18-7-8-18)17-5-3-15(4-6-17)16-13-25-20(24)26-14-16;1-14(2)22(3,17-6-4-15(5-7-17)16-12-24-21(23)25-13-16)20-26-18(31-27-20)19(29)28-8-10-30-11-9-28/h4-7,12-15,21H,8-11,16H2,1-3H3,(H,28,29);5-8,13-15H,9-12H2,1-4H3,(H2,24,25,26);3-6,13-14,18,30H,7-12H2,1-2H3,(H2,24,25,26);4-7,12-14H,8-11H2,1-3H3,(H2,23,24,25). The maximum Gasteiger partial charge on any atom is 0.324 e. The molecule has 8 N–H and O–H groups in total. The van der Waals surface area contributed by atoms with E-state index in [1.54, 1.807) is 78.2 Å². The molecule has 682 valence electrons. The third-order valence-corrected chi connectivity index (χ3v) is 26.7. The molecule has 0 bridgehead atoms. The van der Waals surface area contributed by atoms with E-state index in [9.17, 15) is 19.5 Å². The third-order valence-electron chi connectivity index (χ3n) is 26.7. The summed E-state index contributed by atoms with van der Waals surface area (Å²) in [7, 11) is 5.49. The van der Waals surface area contributed by atoms with Gasteiger partial charge >= 0.3 is 29.6 Å². The number of rotatable bonds is 22. The van der Waals surface area contributed by atoms with E-state index < -0.39 is 16.4 Å². The zero-order chi connectivity index (χ0) is 92.1. The molecule has 3 saturated heterocycles. The molecule has 3 amide bonds. The van der Waals surface area contributed by atoms with Crippen LogP contribution < -0.4 is 32.2 Å². The number of carbonyl (C=O) groups excluding carboxylic acids is 3. The summed E-state index contributed by atoms with van der Waals surface area (Å²) in [6, 6.07) is 35.7. The number of nitrogens with one attached hydrogen (secondary N) is 1. The summed E-state index contributed by atoms with van der Waals surface area (Å²) in [4.78, 5) is 94.4. The van der Waals surface area contributed by atoms with Crippen LogP contribution in [0.4, 0.5) is 29.7 Å². The fourth-order valence-corrected chi connectivity index (χ4v) is 16.7. The topological polar surface area (TPSA) is 460 Å². The second-order valence-electron chi connectivity index (χ2n) is 36.2. The lowest BCUT2D eigenvalue weighted by Gasteiger charge is -2.34. The number of anilines is 5. The SMILES string of the molecule is CC(C)C(C)(c1ccc(-c2cnc(N)nc2)cc1)c1noc(C(=O)N2CCN(C)CC2)n1.CC(C)C(C)(c1ccc(-c2cnc(N)nc2)cc1)c1noc(C(=O)N2CCOCC2)n1.CC1(O)CCN(c2nc(C(C)(c3ccc(-c4cnc(N)nc4)cc3)C3CC3)no2)CC1.CN(C)C(=O)Cn1cc(-c2nc(C(C)(c3ccc(-c4cnc5c(c4)OCCN5)cc3)C3CC3)no2)cn1. The number of aliphatic hydroxyl groups is 1. The maximum atomic E-state index is 12.9. The van der Waals surface area contributed by atoms with Gasteiger partial charge in [-0.2, -0.15) is 25.0 Å². The Bertz CT molecular complexity index is 6070. The number of nitrogen functional groups attached to an aromatic ring is 3. The summed E-state index contributed by atoms with van der Waals surface area (Å²) >= 11 is 0. The molecule has 4 atom stereocenters. The number of nitrogens with two attached hydrogens (primary N) is 3. The van der Waals surface area contributed by atoms with E-state index in [-0.39, 0.29) is 76.6 Å². The molecular formula is C95H112N26O10. The molecule has 2 aliphatic carbocycles. The smallest absolute Gasteiger partial charge is 0.324 e. The predicted molar refractivity (Wildman–Crippen MR) is 490 cm³/mol. The van der Waals surface area contributed by atoms with Crippen molar-refractivity contribution < 1.29 is 47.1 Å². The molecular weight excluding hydrogens is 1670 g/mol. The number of piperazine rings is 1. The highest BCUT2D eigenvalue weighted by molar-refractivity contribution is 5.90. The van der Waals surface area contributed by atoms with Crippen molar-refractivity contribution in [3.63, 3.8) is 0 Å². The zero-order valence-corrected chi connectivity index (χ0v) is 75.9. The van der Waals surface area contributed by atoms with Crippen molar-refractivity contribution in [3.8, 4) is 61.7 Å². The van der Waals surface area contributed by atoms with Gasteiger partial charge in [0, 0.05) is 138 Å². The van der Waals surface area contributed by atoms with E-state index in [2.05, 4.69) is 190 Å². The molecule has 131 heavy (non-hydrogen) atoms. The Morgan fingerprint density at radius 1 is 0.496 bits per heavy atom. The predicted octanol–water partition coefficient (Wildman–Crippen LogP) is 11.8. The molecule has 6 aliphatic rings. The maximum absolute atomic E-state index is 12.9. The van der Waals surface area contributed by atoms with Crippen molar-refractivity contribution in [3.05, 3.63) is 216 Å². The summed E-state index contributed by atoms with van der Waals surface area (Å²) < 4.78 is 34.8. The van der Waals surface area contributed by atoms with Gasteiger partial charge in [-0.05, 0) is 154 Å². The number of benzene rings is 4. The highest BCUT2D eigenvalue weighted by Gasteiger charge is 2.50. The first kappa shape index (κ1) is 90.5. The number of piperidine rings is 1. The Labute approximate surface area is 759 Å². The van der Waals surface area contributed by atoms with Crippen LogP contribution in [0.15, 0.2) is 177 Å². The molecule has 4 aliphatic heterocycles. The van der Waals surface area contributed by atoms with Crippen molar-refractivity contribution >= 4 is 47.4 Å². The van der Waals surface area contributed by atoms with Crippen LogP contribution >= 0.6 is 0 Å². The van der Waals surface area contributed by atoms with E-state index in [1.807, 2.05) is 74.8 Å². The van der Waals surface area contributed by atoms with Crippen LogP contribution in [0.25, 0.3) is 56.0 Å². The van der Waals surface area contributed by atoms with Gasteiger partial charge in [0.25, 0.3) is 5.89 Å². The van der Waals surface area contributed by atoms with Crippen LogP contribution in [0.1, 0.15) is 168 Å². The molecule has 2 saturated carbocycles. The highest BCUT2D eigenvalue weighted by Crippen LogP contribution is 2.53. The number of aromatic nitrogens is 17. The number of morpholine rings is 1. The average molecular weight is 1780 g/mol. The molecule has 5 fully saturated rings. The van der Waals surface area contributed by atoms with Crippen molar-refractivity contribution in [2.45, 2.75) is 135 Å². The number of amides is 3. The summed E-state index contributed by atoms with van der Waals surface area (Å²) in [5.41, 5.74) is 27.2. The van der Waals surface area contributed by atoms with Crippen molar-refractivity contribution in [2.24, 2.45) is 23.7 Å². The fraction of sp³-hybridized carbons (Fsp3) is 0.421. The number of nitrogens with zero attached hydrogens (tertiary/aromatic N) is 22. The second-order valence-corrected chi connectivity index (χ2v) is 36.2. The molecule has 0 radical (unpaired) electrons. The van der Waals surface area contributed by atoms with Gasteiger partial charge in [-0.25, -0.2) is 34.9 Å². The molecule has 13 aromatic rings. The first-order chi connectivity index (χ1) is 62.9. The number of likely N-dealkylation sites (N-methyl/N-ethyl adjacent to an activating group) is 2. The molecule has 36 heteroatoms. The first-order valence-corrected chi connectivity index (χ1v) is 44.4. The van der Waals surface area contributed by atoms with Gasteiger partial charge in [0.05, 0.1) is 58.8 Å². The second kappa shape index (κ2) is 38.1. The molecule has 9 aromatic heterocycles. The van der Waals surface area contributed by atoms with Crippen LogP contribution in [0.2, 0.25) is 0 Å². The molecule has 36 nitrogen and oxygen atoms in total. The van der Waals surface area contributed by atoms with Crippen LogP contribution in [0.5, 0.6) is 5.75 Å². The number of carbonyl (C=O) groups is 3. The Hall–Kier alpha value is -13.9. The number of ether oxygens (including phenoxy) is 2. The summed E-state index contributed by atoms with van der Waals surface area (Å²) in [5, 5.41) is 35.0. The minimum atomic E-state index is -0.612. The number of fused-ring (bicyclic) bond motifs is 1. The van der Waals surface area contributed by atoms with Gasteiger partial charge in [0.2, 0.25) is 23.8 Å². The van der Waals surface area contributed by atoms with Gasteiger partial charge in [0.1, 0.15) is 13.2 Å². The molecule has 0 spiro atoms. The third kappa shape index (κ3) is 19.7. The van der Waals surface area contributed by atoms with Crippen molar-refractivity contribution in [2.75, 3.05) is 127 Å². The highest BCUT2D eigenvalue weighted by atomic mass is 16.5. The Morgan fingerprint density at radius 3 is 1.37 bits per heavy atom. The van der Waals surface area contributed by atoms with E-state index in [0.717, 1.165) is 124 Å². The van der Waals surface area contributed by atoms with Crippen LogP contribution in [-0.4, -0.2) is 233 Å². The van der Waals surface area contributed by atoms with Crippen LogP contribution in [0.3, 0.4) is 0 Å². The summed E-state index contributed by atoms with van der Waals surface area (Å²) in [6.07, 6.45) is 21.5. The molecule has 4 aromatic carbocycles. The lowest BCUT2D eigenvalue weighted by Crippen LogP contribution is -2.47. The minimum absolute atomic E-state index is 0.0134. The monoisotopic (exact) mass is 1780 g/mol. The van der Waals surface area contributed by atoms with E-state index in [0.29, 0.717) is 119 Å². The Morgan fingerprint density at radius 2 is 0.916 bits per heavy atom. The number of pyridine rings is 1. The average Bonchev–Trinajstić information content (AvgIpc) is 1.59. The van der Waals surface area contributed by atoms with Crippen LogP contribution in [0, 0.1) is 23.7 Å². The van der Waals surface area contributed by atoms with E-state index in [1.165, 1.54) is 10.5 Å². The van der Waals surface area contributed by atoms with Crippen molar-refractivity contribution in [1.29, 1.82) is 0 Å². The van der Waals surface area contributed by atoms with Crippen molar-refractivity contribution in [1.82, 2.24) is 105 Å².